The van der Waals surface area contributed by atoms with Crippen LogP contribution in [0.15, 0.2) is 0 Å². The van der Waals surface area contributed by atoms with E-state index in [1.807, 2.05) is 11.8 Å². The zero-order valence-corrected chi connectivity index (χ0v) is 7.55. The quantitative estimate of drug-likeness (QED) is 0.435. The lowest BCUT2D eigenvalue weighted by Crippen LogP contribution is -2.56. The third kappa shape index (κ3) is 1.57. The van der Waals surface area contributed by atoms with Crippen LogP contribution in [0.2, 0.25) is 0 Å². The fourth-order valence-electron chi connectivity index (χ4n) is 1.52. The van der Waals surface area contributed by atoms with Crippen LogP contribution in [0.1, 0.15) is 20.3 Å². The van der Waals surface area contributed by atoms with Crippen LogP contribution >= 0.6 is 0 Å². The van der Waals surface area contributed by atoms with Crippen LogP contribution in [0.3, 0.4) is 0 Å². The van der Waals surface area contributed by atoms with Crippen LogP contribution in [0.5, 0.6) is 0 Å². The van der Waals surface area contributed by atoms with Crippen molar-refractivity contribution in [2.45, 2.75) is 26.3 Å². The van der Waals surface area contributed by atoms with Crippen LogP contribution in [-0.4, -0.2) is 35.8 Å². The number of piperazine rings is 1. The fraction of sp³-hybridized carbons (Fsp3) is 0.750. The molecule has 4 nitrogen and oxygen atoms in total. The van der Waals surface area contributed by atoms with Crippen LogP contribution < -0.4 is 5.32 Å². The van der Waals surface area contributed by atoms with Crippen molar-refractivity contribution < 1.29 is 4.79 Å². The minimum absolute atomic E-state index is 0.0513. The van der Waals surface area contributed by atoms with E-state index in [-0.39, 0.29) is 11.9 Å². The number of hydrogen-bond acceptors (Lipinski definition) is 2. The largest absolute Gasteiger partial charge is 0.353 e. The Bertz CT molecular complexity index is 202. The zero-order chi connectivity index (χ0) is 9.14. The Morgan fingerprint density at radius 2 is 2.50 bits per heavy atom. The maximum Gasteiger partial charge on any atom is 0.242 e. The molecule has 0 spiro atoms. The van der Waals surface area contributed by atoms with Gasteiger partial charge in [0.2, 0.25) is 5.91 Å². The molecule has 0 bridgehead atoms. The summed E-state index contributed by atoms with van der Waals surface area (Å²) < 4.78 is 0. The number of amides is 1. The molecule has 1 saturated heterocycles. The molecule has 4 heteroatoms. The molecule has 68 valence electrons. The van der Waals surface area contributed by atoms with Gasteiger partial charge in [-0.15, -0.1) is 0 Å². The van der Waals surface area contributed by atoms with Gasteiger partial charge in [-0.25, -0.2) is 0 Å². The average Bonchev–Trinajstić information content (AvgIpc) is 2.03. The molecule has 1 aliphatic rings. The van der Waals surface area contributed by atoms with E-state index in [0.29, 0.717) is 12.4 Å². The molecule has 12 heavy (non-hydrogen) atoms. The molecule has 0 aromatic heterocycles. The maximum absolute atomic E-state index is 11.3. The summed E-state index contributed by atoms with van der Waals surface area (Å²) in [6.45, 7) is 5.11. The molecule has 1 aliphatic heterocycles. The summed E-state index contributed by atoms with van der Waals surface area (Å²) in [7, 11) is 0. The van der Waals surface area contributed by atoms with Crippen molar-refractivity contribution in [3.8, 4) is 0 Å². The fourth-order valence-corrected chi connectivity index (χ4v) is 1.52. The number of amidine groups is 1. The van der Waals surface area contributed by atoms with E-state index in [4.69, 9.17) is 5.41 Å². The first-order valence-corrected chi connectivity index (χ1v) is 4.26. The van der Waals surface area contributed by atoms with Crippen molar-refractivity contribution in [2.75, 3.05) is 13.1 Å². The summed E-state index contributed by atoms with van der Waals surface area (Å²) in [5, 5.41) is 10.2. The van der Waals surface area contributed by atoms with Gasteiger partial charge >= 0.3 is 0 Å². The van der Waals surface area contributed by atoms with E-state index in [2.05, 4.69) is 5.32 Å². The summed E-state index contributed by atoms with van der Waals surface area (Å²) in [5.41, 5.74) is 0. The second-order valence-corrected chi connectivity index (χ2v) is 2.99. The Morgan fingerprint density at radius 1 is 1.83 bits per heavy atom. The monoisotopic (exact) mass is 169 g/mol. The number of rotatable bonds is 1. The van der Waals surface area contributed by atoms with E-state index >= 15 is 0 Å². The average molecular weight is 169 g/mol. The number of hydrogen-bond donors (Lipinski definition) is 2. The molecule has 0 aliphatic carbocycles. The molecule has 0 radical (unpaired) electrons. The molecule has 0 aromatic rings. The first-order chi connectivity index (χ1) is 5.66. The molecule has 0 aromatic carbocycles. The SMILES string of the molecule is CCC1C(=O)NCCN1C(C)=N. The Hall–Kier alpha value is -1.06. The van der Waals surface area contributed by atoms with Crippen molar-refractivity contribution in [3.63, 3.8) is 0 Å². The van der Waals surface area contributed by atoms with Crippen LogP contribution in [0.4, 0.5) is 0 Å². The predicted molar refractivity (Wildman–Crippen MR) is 47.2 cm³/mol. The minimum Gasteiger partial charge on any atom is -0.353 e. The van der Waals surface area contributed by atoms with Gasteiger partial charge in [-0.2, -0.15) is 0 Å². The normalized spacial score (nSPS) is 23.7. The van der Waals surface area contributed by atoms with Gasteiger partial charge in [0.25, 0.3) is 0 Å². The standard InChI is InChI=1S/C8H15N3O/c1-3-7-8(12)10-4-5-11(7)6(2)9/h7,9H,3-5H2,1-2H3,(H,10,12). The minimum atomic E-state index is -0.128. The molecular formula is C8H15N3O. The molecule has 1 amide bonds. The Morgan fingerprint density at radius 3 is 2.92 bits per heavy atom. The van der Waals surface area contributed by atoms with Gasteiger partial charge < -0.3 is 10.2 Å². The van der Waals surface area contributed by atoms with Crippen molar-refractivity contribution in [3.05, 3.63) is 0 Å². The Balaban J connectivity index is 2.70. The van der Waals surface area contributed by atoms with Gasteiger partial charge in [0.1, 0.15) is 6.04 Å². The Labute approximate surface area is 72.4 Å². The highest BCUT2D eigenvalue weighted by atomic mass is 16.2. The number of carbonyl (C=O) groups excluding carboxylic acids is 1. The van der Waals surface area contributed by atoms with E-state index in [0.717, 1.165) is 13.0 Å². The van der Waals surface area contributed by atoms with Crippen LogP contribution in [-0.2, 0) is 4.79 Å². The van der Waals surface area contributed by atoms with Crippen molar-refractivity contribution in [2.24, 2.45) is 0 Å². The maximum atomic E-state index is 11.3. The van der Waals surface area contributed by atoms with Crippen molar-refractivity contribution >= 4 is 11.7 Å². The molecule has 1 heterocycles. The van der Waals surface area contributed by atoms with E-state index in [1.165, 1.54) is 0 Å². The molecule has 1 fully saturated rings. The third-order valence-electron chi connectivity index (χ3n) is 2.15. The van der Waals surface area contributed by atoms with E-state index in [9.17, 15) is 4.79 Å². The summed E-state index contributed by atoms with van der Waals surface area (Å²) in [5.74, 6) is 0.534. The van der Waals surface area contributed by atoms with Gasteiger partial charge in [0.15, 0.2) is 0 Å². The predicted octanol–water partition coefficient (Wildman–Crippen LogP) is 0.194. The second kappa shape index (κ2) is 3.56. The molecule has 2 N–H and O–H groups in total. The van der Waals surface area contributed by atoms with Gasteiger partial charge in [-0.05, 0) is 13.3 Å². The van der Waals surface area contributed by atoms with Gasteiger partial charge in [-0.3, -0.25) is 10.2 Å². The molecule has 1 atom stereocenters. The summed E-state index contributed by atoms with van der Waals surface area (Å²) in [6.07, 6.45) is 0.766. The Kier molecular flexibility index (Phi) is 2.68. The number of nitrogens with zero attached hydrogens (tertiary/aromatic N) is 1. The van der Waals surface area contributed by atoms with E-state index in [1.54, 1.807) is 6.92 Å². The van der Waals surface area contributed by atoms with Gasteiger partial charge in [-0.1, -0.05) is 6.92 Å². The molecular weight excluding hydrogens is 154 g/mol. The molecule has 0 saturated carbocycles. The first kappa shape index (κ1) is 9.03. The highest BCUT2D eigenvalue weighted by Crippen LogP contribution is 2.08. The first-order valence-electron chi connectivity index (χ1n) is 4.26. The lowest BCUT2D eigenvalue weighted by molar-refractivity contribution is -0.127. The third-order valence-corrected chi connectivity index (χ3v) is 2.15. The topological polar surface area (TPSA) is 56.2 Å². The summed E-state index contributed by atoms with van der Waals surface area (Å²) in [6, 6.07) is -0.128. The molecule has 1 rings (SSSR count). The second-order valence-electron chi connectivity index (χ2n) is 2.99. The molecule has 1 unspecified atom stereocenters. The van der Waals surface area contributed by atoms with Crippen molar-refractivity contribution in [1.82, 2.24) is 10.2 Å². The highest BCUT2D eigenvalue weighted by Gasteiger charge is 2.27. The van der Waals surface area contributed by atoms with Crippen LogP contribution in [0.25, 0.3) is 0 Å². The van der Waals surface area contributed by atoms with Gasteiger partial charge in [0.05, 0.1) is 5.84 Å². The van der Waals surface area contributed by atoms with Gasteiger partial charge in [0, 0.05) is 13.1 Å². The highest BCUT2D eigenvalue weighted by molar-refractivity contribution is 5.88. The van der Waals surface area contributed by atoms with E-state index < -0.39 is 0 Å². The number of carbonyl (C=O) groups is 1. The van der Waals surface area contributed by atoms with Crippen LogP contribution in [0, 0.1) is 5.41 Å². The number of nitrogens with one attached hydrogen (secondary N) is 2. The summed E-state index contributed by atoms with van der Waals surface area (Å²) in [4.78, 5) is 13.1. The zero-order valence-electron chi connectivity index (χ0n) is 7.55. The summed E-state index contributed by atoms with van der Waals surface area (Å²) >= 11 is 0. The smallest absolute Gasteiger partial charge is 0.242 e. The lowest BCUT2D eigenvalue weighted by atomic mass is 10.1. The lowest BCUT2D eigenvalue weighted by Gasteiger charge is -2.35. The van der Waals surface area contributed by atoms with Crippen molar-refractivity contribution in [1.29, 1.82) is 5.41 Å².